The van der Waals surface area contributed by atoms with Crippen molar-refractivity contribution in [3.05, 3.63) is 58.1 Å². The minimum Gasteiger partial charge on any atom is -0.331 e. The van der Waals surface area contributed by atoms with E-state index in [0.29, 0.717) is 15.7 Å². The maximum Gasteiger partial charge on any atom is 0.175 e. The molecule has 0 heterocycles. The van der Waals surface area contributed by atoms with Gasteiger partial charge in [-0.1, -0.05) is 29.3 Å². The van der Waals surface area contributed by atoms with Crippen LogP contribution >= 0.6 is 35.4 Å². The van der Waals surface area contributed by atoms with Gasteiger partial charge in [0.05, 0.1) is 21.4 Å². The van der Waals surface area contributed by atoms with Crippen LogP contribution in [0.4, 0.5) is 20.2 Å². The Morgan fingerprint density at radius 3 is 2.40 bits per heavy atom. The van der Waals surface area contributed by atoms with E-state index < -0.39 is 11.6 Å². The minimum absolute atomic E-state index is 0.0575. The Morgan fingerprint density at radius 2 is 1.70 bits per heavy atom. The third kappa shape index (κ3) is 3.56. The number of benzene rings is 2. The van der Waals surface area contributed by atoms with Gasteiger partial charge in [-0.15, -0.1) is 0 Å². The molecule has 104 valence electrons. The lowest BCUT2D eigenvalue weighted by Crippen LogP contribution is -2.20. The summed E-state index contributed by atoms with van der Waals surface area (Å²) >= 11 is 16.9. The number of rotatable bonds is 2. The molecule has 2 aromatic rings. The van der Waals surface area contributed by atoms with Crippen molar-refractivity contribution in [3.8, 4) is 0 Å². The number of hydrogen-bond donors (Lipinski definition) is 2. The Morgan fingerprint density at radius 1 is 1.00 bits per heavy atom. The van der Waals surface area contributed by atoms with Crippen molar-refractivity contribution < 1.29 is 8.78 Å². The highest BCUT2D eigenvalue weighted by Crippen LogP contribution is 2.29. The SMILES string of the molecule is Fc1ccc(NC(=S)Nc2cccc(Cl)c2Cl)c(F)c1. The number of thiocarbonyl (C=S) groups is 1. The van der Waals surface area contributed by atoms with Crippen molar-refractivity contribution in [1.29, 1.82) is 0 Å². The first-order valence-corrected chi connectivity index (χ1v) is 6.61. The van der Waals surface area contributed by atoms with Crippen molar-refractivity contribution >= 4 is 51.9 Å². The third-order valence-electron chi connectivity index (χ3n) is 2.38. The van der Waals surface area contributed by atoms with Gasteiger partial charge in [-0.25, -0.2) is 8.78 Å². The second kappa shape index (κ2) is 6.35. The van der Waals surface area contributed by atoms with Gasteiger partial charge in [0.15, 0.2) is 5.11 Å². The molecule has 0 bridgehead atoms. The van der Waals surface area contributed by atoms with E-state index in [1.807, 2.05) is 0 Å². The van der Waals surface area contributed by atoms with E-state index in [1.165, 1.54) is 6.07 Å². The maximum absolute atomic E-state index is 13.5. The molecule has 0 fully saturated rings. The molecule has 0 aromatic heterocycles. The highest BCUT2D eigenvalue weighted by molar-refractivity contribution is 7.80. The lowest BCUT2D eigenvalue weighted by molar-refractivity contribution is 0.586. The van der Waals surface area contributed by atoms with E-state index in [2.05, 4.69) is 10.6 Å². The van der Waals surface area contributed by atoms with Gasteiger partial charge in [-0.05, 0) is 36.5 Å². The smallest absolute Gasteiger partial charge is 0.175 e. The van der Waals surface area contributed by atoms with E-state index in [9.17, 15) is 8.78 Å². The van der Waals surface area contributed by atoms with Gasteiger partial charge in [-0.3, -0.25) is 0 Å². The van der Waals surface area contributed by atoms with E-state index >= 15 is 0 Å². The van der Waals surface area contributed by atoms with Gasteiger partial charge in [0.2, 0.25) is 0 Å². The largest absolute Gasteiger partial charge is 0.331 e. The Bertz CT molecular complexity index is 665. The van der Waals surface area contributed by atoms with Crippen molar-refractivity contribution in [2.45, 2.75) is 0 Å². The van der Waals surface area contributed by atoms with Gasteiger partial charge in [-0.2, -0.15) is 0 Å². The predicted octanol–water partition coefficient (Wildman–Crippen LogP) is 5.08. The molecule has 0 amide bonds. The lowest BCUT2D eigenvalue weighted by Gasteiger charge is -2.12. The van der Waals surface area contributed by atoms with Gasteiger partial charge >= 0.3 is 0 Å². The van der Waals surface area contributed by atoms with Crippen LogP contribution in [0.25, 0.3) is 0 Å². The molecule has 0 saturated carbocycles. The van der Waals surface area contributed by atoms with Crippen molar-refractivity contribution in [1.82, 2.24) is 0 Å². The second-order valence-electron chi connectivity index (χ2n) is 3.80. The Hall–Kier alpha value is -1.43. The number of anilines is 2. The van der Waals surface area contributed by atoms with Crippen molar-refractivity contribution in [2.75, 3.05) is 10.6 Å². The quantitative estimate of drug-likeness (QED) is 0.750. The first-order chi connectivity index (χ1) is 9.47. The van der Waals surface area contributed by atoms with Crippen LogP contribution in [0.3, 0.4) is 0 Å². The molecule has 0 aliphatic rings. The van der Waals surface area contributed by atoms with Crippen LogP contribution in [-0.4, -0.2) is 5.11 Å². The molecule has 2 N–H and O–H groups in total. The highest BCUT2D eigenvalue weighted by atomic mass is 35.5. The Balaban J connectivity index is 2.11. The van der Waals surface area contributed by atoms with E-state index in [1.54, 1.807) is 18.2 Å². The zero-order chi connectivity index (χ0) is 14.7. The Kier molecular flexibility index (Phi) is 4.75. The summed E-state index contributed by atoms with van der Waals surface area (Å²) in [7, 11) is 0. The van der Waals surface area contributed by atoms with Crippen molar-refractivity contribution in [2.24, 2.45) is 0 Å². The first-order valence-electron chi connectivity index (χ1n) is 5.44. The maximum atomic E-state index is 13.5. The van der Waals surface area contributed by atoms with E-state index in [-0.39, 0.29) is 10.8 Å². The average Bonchev–Trinajstić information content (AvgIpc) is 2.38. The summed E-state index contributed by atoms with van der Waals surface area (Å²) in [6, 6.07) is 8.13. The molecule has 0 aliphatic heterocycles. The summed E-state index contributed by atoms with van der Waals surface area (Å²) in [5.41, 5.74) is 0.543. The molecule has 0 radical (unpaired) electrons. The van der Waals surface area contributed by atoms with Crippen LogP contribution in [0, 0.1) is 11.6 Å². The number of hydrogen-bond acceptors (Lipinski definition) is 1. The van der Waals surface area contributed by atoms with E-state index in [4.69, 9.17) is 35.4 Å². The molecule has 2 aromatic carbocycles. The summed E-state index contributed by atoms with van der Waals surface area (Å²) in [5, 5.41) is 6.18. The summed E-state index contributed by atoms with van der Waals surface area (Å²) in [5.74, 6) is -1.41. The molecular weight excluding hydrogens is 325 g/mol. The molecule has 0 aliphatic carbocycles. The molecule has 0 atom stereocenters. The topological polar surface area (TPSA) is 24.1 Å². The molecule has 7 heteroatoms. The van der Waals surface area contributed by atoms with Crippen LogP contribution in [0.15, 0.2) is 36.4 Å². The van der Waals surface area contributed by atoms with Gasteiger partial charge < -0.3 is 10.6 Å². The van der Waals surface area contributed by atoms with Crippen LogP contribution in [0.5, 0.6) is 0 Å². The number of halogens is 4. The fourth-order valence-electron chi connectivity index (χ4n) is 1.47. The number of nitrogens with one attached hydrogen (secondary N) is 2. The van der Waals surface area contributed by atoms with Crippen LogP contribution in [-0.2, 0) is 0 Å². The van der Waals surface area contributed by atoms with E-state index in [0.717, 1.165) is 12.1 Å². The van der Waals surface area contributed by atoms with Gasteiger partial charge in [0.25, 0.3) is 0 Å². The summed E-state index contributed by atoms with van der Waals surface area (Å²) in [4.78, 5) is 0. The fraction of sp³-hybridized carbons (Fsp3) is 0. The zero-order valence-electron chi connectivity index (χ0n) is 9.88. The normalized spacial score (nSPS) is 10.2. The zero-order valence-corrected chi connectivity index (χ0v) is 12.2. The molecular formula is C13H8Cl2F2N2S. The standard InChI is InChI=1S/C13H8Cl2F2N2S/c14-8-2-1-3-11(12(8)15)19-13(20)18-10-5-4-7(16)6-9(10)17/h1-6H,(H2,18,19,20). The van der Waals surface area contributed by atoms with Gasteiger partial charge in [0.1, 0.15) is 11.6 Å². The molecule has 2 rings (SSSR count). The van der Waals surface area contributed by atoms with Crippen LogP contribution in [0.2, 0.25) is 10.0 Å². The molecule has 2 nitrogen and oxygen atoms in total. The summed E-state index contributed by atoms with van der Waals surface area (Å²) in [6.45, 7) is 0. The summed E-state index contributed by atoms with van der Waals surface area (Å²) < 4.78 is 26.2. The second-order valence-corrected chi connectivity index (χ2v) is 5.00. The molecule has 0 saturated heterocycles. The monoisotopic (exact) mass is 332 g/mol. The van der Waals surface area contributed by atoms with Crippen molar-refractivity contribution in [3.63, 3.8) is 0 Å². The highest BCUT2D eigenvalue weighted by Gasteiger charge is 2.08. The fourth-order valence-corrected chi connectivity index (χ4v) is 2.03. The average molecular weight is 333 g/mol. The third-order valence-corrected chi connectivity index (χ3v) is 3.40. The molecule has 0 spiro atoms. The summed E-state index contributed by atoms with van der Waals surface area (Å²) in [6.07, 6.45) is 0. The van der Waals surface area contributed by atoms with Gasteiger partial charge in [0, 0.05) is 6.07 Å². The Labute approximate surface area is 129 Å². The first kappa shape index (κ1) is 15.0. The van der Waals surface area contributed by atoms with Crippen LogP contribution < -0.4 is 10.6 Å². The lowest BCUT2D eigenvalue weighted by atomic mass is 10.3. The predicted molar refractivity (Wildman–Crippen MR) is 82.7 cm³/mol. The molecule has 0 unspecified atom stereocenters. The molecule has 20 heavy (non-hydrogen) atoms. The minimum atomic E-state index is -0.744. The van der Waals surface area contributed by atoms with Crippen LogP contribution in [0.1, 0.15) is 0 Å².